The van der Waals surface area contributed by atoms with Crippen molar-refractivity contribution in [1.82, 2.24) is 10.2 Å². The Morgan fingerprint density at radius 2 is 1.75 bits per heavy atom. The van der Waals surface area contributed by atoms with Gasteiger partial charge in [-0.25, -0.2) is 0 Å². The van der Waals surface area contributed by atoms with Gasteiger partial charge in [0, 0.05) is 18.5 Å². The number of carbonyl (C=O) groups is 1. The number of piperidine rings is 1. The van der Waals surface area contributed by atoms with E-state index >= 15 is 0 Å². The minimum absolute atomic E-state index is 0.275. The van der Waals surface area contributed by atoms with Crippen LogP contribution in [0.15, 0.2) is 35.9 Å². The van der Waals surface area contributed by atoms with Gasteiger partial charge in [-0.15, -0.1) is 0 Å². The Morgan fingerprint density at radius 1 is 1.06 bits per heavy atom. The molecule has 2 atom stereocenters. The molecule has 1 amide bonds. The summed E-state index contributed by atoms with van der Waals surface area (Å²) in [6.07, 6.45) is 15.1. The van der Waals surface area contributed by atoms with E-state index in [0.29, 0.717) is 23.8 Å². The lowest BCUT2D eigenvalue weighted by atomic mass is 9.87. The van der Waals surface area contributed by atoms with Crippen LogP contribution in [0.1, 0.15) is 76.8 Å². The summed E-state index contributed by atoms with van der Waals surface area (Å²) >= 11 is 0. The molecule has 3 aliphatic rings. The second kappa shape index (κ2) is 10.8. The van der Waals surface area contributed by atoms with Crippen molar-refractivity contribution in [3.8, 4) is 0 Å². The zero-order chi connectivity index (χ0) is 22.5. The van der Waals surface area contributed by atoms with Gasteiger partial charge in [0.2, 0.25) is 5.91 Å². The van der Waals surface area contributed by atoms with Crippen LogP contribution in [-0.4, -0.2) is 36.5 Å². The summed E-state index contributed by atoms with van der Waals surface area (Å²) in [5.74, 6) is 2.70. The molecule has 1 aliphatic heterocycles. The fraction of sp³-hybridized carbons (Fsp3) is 0.621. The van der Waals surface area contributed by atoms with Crippen LogP contribution in [0.2, 0.25) is 0 Å². The number of allylic oxidation sites excluding steroid dienone is 2. The average Bonchev–Trinajstić information content (AvgIpc) is 3.56. The molecule has 174 valence electrons. The third-order valence-corrected chi connectivity index (χ3v) is 8.07. The quantitative estimate of drug-likeness (QED) is 0.557. The first-order valence-corrected chi connectivity index (χ1v) is 13.0. The summed E-state index contributed by atoms with van der Waals surface area (Å²) in [5.41, 5.74) is 4.13. The average molecular weight is 435 g/mol. The summed E-state index contributed by atoms with van der Waals surface area (Å²) < 4.78 is 0. The minimum Gasteiger partial charge on any atom is -0.353 e. The predicted molar refractivity (Wildman–Crippen MR) is 135 cm³/mol. The van der Waals surface area contributed by atoms with Gasteiger partial charge in [0.15, 0.2) is 0 Å². The van der Waals surface area contributed by atoms with Gasteiger partial charge < -0.3 is 10.2 Å². The van der Waals surface area contributed by atoms with Gasteiger partial charge in [-0.05, 0) is 101 Å². The van der Waals surface area contributed by atoms with Gasteiger partial charge in [0.05, 0.1) is 0 Å². The van der Waals surface area contributed by atoms with Crippen molar-refractivity contribution in [1.29, 1.82) is 0 Å². The Kier molecular flexibility index (Phi) is 7.88. The minimum atomic E-state index is 0.275. The maximum atomic E-state index is 12.7. The maximum absolute atomic E-state index is 12.7. The van der Waals surface area contributed by atoms with E-state index in [4.69, 9.17) is 0 Å². The molecule has 2 aliphatic carbocycles. The van der Waals surface area contributed by atoms with Crippen molar-refractivity contribution in [2.75, 3.05) is 19.6 Å². The number of benzene rings is 1. The number of hydrogen-bond acceptors (Lipinski definition) is 2. The van der Waals surface area contributed by atoms with Crippen LogP contribution >= 0.6 is 0 Å². The Balaban J connectivity index is 1.21. The molecule has 1 aromatic rings. The third-order valence-electron chi connectivity index (χ3n) is 8.07. The third kappa shape index (κ3) is 6.13. The predicted octanol–water partition coefficient (Wildman–Crippen LogP) is 6.17. The topological polar surface area (TPSA) is 32.3 Å². The van der Waals surface area contributed by atoms with Gasteiger partial charge in [-0.2, -0.15) is 0 Å². The van der Waals surface area contributed by atoms with E-state index < -0.39 is 0 Å². The molecule has 0 radical (unpaired) electrons. The highest BCUT2D eigenvalue weighted by Crippen LogP contribution is 2.40. The van der Waals surface area contributed by atoms with Gasteiger partial charge in [0.1, 0.15) is 0 Å². The molecule has 3 heteroatoms. The van der Waals surface area contributed by atoms with E-state index in [9.17, 15) is 4.79 Å². The van der Waals surface area contributed by atoms with E-state index in [1.54, 1.807) is 0 Å². The summed E-state index contributed by atoms with van der Waals surface area (Å²) in [4.78, 5) is 15.3. The molecule has 3 fully saturated rings. The Labute approximate surface area is 195 Å². The lowest BCUT2D eigenvalue weighted by Gasteiger charge is -2.32. The van der Waals surface area contributed by atoms with Crippen molar-refractivity contribution in [3.05, 3.63) is 47.0 Å². The van der Waals surface area contributed by atoms with Crippen molar-refractivity contribution < 1.29 is 4.79 Å². The SMILES string of the molecule is C/C=C/c1ccccc1/C=C(\C)C1CCN(C[C@@H]2C[C@H]2C(=O)N[C@H]2CC[C@H](C)CC2)CC1. The largest absolute Gasteiger partial charge is 0.353 e. The number of likely N-dealkylation sites (tertiary alicyclic amines) is 1. The summed E-state index contributed by atoms with van der Waals surface area (Å²) in [5, 5.41) is 3.36. The van der Waals surface area contributed by atoms with Gasteiger partial charge in [0.25, 0.3) is 0 Å². The van der Waals surface area contributed by atoms with Gasteiger partial charge in [-0.3, -0.25) is 4.79 Å². The first-order chi connectivity index (χ1) is 15.5. The summed E-state index contributed by atoms with van der Waals surface area (Å²) in [7, 11) is 0. The molecular weight excluding hydrogens is 392 g/mol. The Hall–Kier alpha value is -1.87. The van der Waals surface area contributed by atoms with E-state index in [1.165, 1.54) is 55.2 Å². The zero-order valence-electron chi connectivity index (χ0n) is 20.4. The normalized spacial score (nSPS) is 29.9. The van der Waals surface area contributed by atoms with Crippen molar-refractivity contribution in [3.63, 3.8) is 0 Å². The second-order valence-electron chi connectivity index (χ2n) is 10.7. The van der Waals surface area contributed by atoms with E-state index in [0.717, 1.165) is 32.0 Å². The molecule has 0 spiro atoms. The molecule has 2 saturated carbocycles. The lowest BCUT2D eigenvalue weighted by molar-refractivity contribution is -0.123. The molecule has 32 heavy (non-hydrogen) atoms. The first kappa shape index (κ1) is 23.3. The standard InChI is InChI=1S/C29H42N2O/c1-4-7-24-8-5-6-9-25(24)18-22(3)23-14-16-31(17-15-23)20-26-19-28(26)29(32)30-27-12-10-21(2)11-13-27/h4-9,18,21,23,26-28H,10-17,19-20H2,1-3H3,(H,30,32)/b7-4+,22-18+/t21-,26-,27-,28+/m0/s1. The molecule has 1 aromatic carbocycles. The number of nitrogens with one attached hydrogen (secondary N) is 1. The van der Waals surface area contributed by atoms with Crippen molar-refractivity contribution in [2.45, 2.75) is 71.8 Å². The molecule has 1 heterocycles. The van der Waals surface area contributed by atoms with Crippen LogP contribution in [0.4, 0.5) is 0 Å². The van der Waals surface area contributed by atoms with Crippen LogP contribution in [-0.2, 0) is 4.79 Å². The smallest absolute Gasteiger partial charge is 0.223 e. The monoisotopic (exact) mass is 434 g/mol. The fourth-order valence-electron chi connectivity index (χ4n) is 5.72. The highest BCUT2D eigenvalue weighted by molar-refractivity contribution is 5.81. The summed E-state index contributed by atoms with van der Waals surface area (Å²) in [6, 6.07) is 9.09. The van der Waals surface area contributed by atoms with Gasteiger partial charge in [-0.1, -0.05) is 55.0 Å². The van der Waals surface area contributed by atoms with E-state index in [-0.39, 0.29) is 5.92 Å². The Morgan fingerprint density at radius 3 is 2.44 bits per heavy atom. The fourth-order valence-corrected chi connectivity index (χ4v) is 5.72. The second-order valence-corrected chi connectivity index (χ2v) is 10.7. The maximum Gasteiger partial charge on any atom is 0.223 e. The molecule has 3 nitrogen and oxygen atoms in total. The number of carbonyl (C=O) groups excluding carboxylic acids is 1. The highest BCUT2D eigenvalue weighted by Gasteiger charge is 2.44. The Bertz CT molecular complexity index is 825. The molecule has 0 bridgehead atoms. The van der Waals surface area contributed by atoms with Crippen molar-refractivity contribution >= 4 is 18.1 Å². The van der Waals surface area contributed by atoms with E-state index in [2.05, 4.69) is 73.5 Å². The van der Waals surface area contributed by atoms with Crippen LogP contribution in [0.3, 0.4) is 0 Å². The molecule has 1 saturated heterocycles. The molecular formula is C29H42N2O. The van der Waals surface area contributed by atoms with Crippen LogP contribution in [0, 0.1) is 23.7 Å². The zero-order valence-corrected chi connectivity index (χ0v) is 20.4. The lowest BCUT2D eigenvalue weighted by Crippen LogP contribution is -2.39. The van der Waals surface area contributed by atoms with E-state index in [1.807, 2.05) is 0 Å². The molecule has 0 unspecified atom stereocenters. The number of nitrogens with zero attached hydrogens (tertiary/aromatic N) is 1. The van der Waals surface area contributed by atoms with Crippen LogP contribution in [0.5, 0.6) is 0 Å². The molecule has 0 aromatic heterocycles. The summed E-state index contributed by atoms with van der Waals surface area (Å²) in [6.45, 7) is 10.2. The van der Waals surface area contributed by atoms with Crippen molar-refractivity contribution in [2.24, 2.45) is 23.7 Å². The van der Waals surface area contributed by atoms with Crippen LogP contribution < -0.4 is 5.32 Å². The molecule has 4 rings (SSSR count). The highest BCUT2D eigenvalue weighted by atomic mass is 16.2. The molecule has 1 N–H and O–H groups in total. The number of hydrogen-bond donors (Lipinski definition) is 1. The first-order valence-electron chi connectivity index (χ1n) is 13.0. The number of rotatable bonds is 7. The number of amides is 1. The van der Waals surface area contributed by atoms with Crippen LogP contribution in [0.25, 0.3) is 12.2 Å². The van der Waals surface area contributed by atoms with Gasteiger partial charge >= 0.3 is 0 Å².